The topological polar surface area (TPSA) is 19.7 Å². The van der Waals surface area contributed by atoms with Gasteiger partial charge in [-0.1, -0.05) is 24.1 Å². The first-order chi connectivity index (χ1) is 12.0. The lowest BCUT2D eigenvalue weighted by atomic mass is 9.92. The average molecular weight is 361 g/mol. The van der Waals surface area contributed by atoms with Crippen molar-refractivity contribution in [2.75, 3.05) is 25.5 Å². The summed E-state index contributed by atoms with van der Waals surface area (Å²) in [6.07, 6.45) is 9.70. The van der Waals surface area contributed by atoms with Crippen molar-refractivity contribution in [2.24, 2.45) is 0 Å². The number of anilines is 1. The van der Waals surface area contributed by atoms with Gasteiger partial charge in [-0.25, -0.2) is 0 Å². The van der Waals surface area contributed by atoms with Crippen LogP contribution in [0.25, 0.3) is 0 Å². The number of nitrogens with one attached hydrogen (secondary N) is 2. The summed E-state index contributed by atoms with van der Waals surface area (Å²) in [4.78, 5) is 4.15. The van der Waals surface area contributed by atoms with E-state index in [4.69, 9.17) is 12.2 Å². The zero-order valence-corrected chi connectivity index (χ0v) is 16.9. The van der Waals surface area contributed by atoms with E-state index < -0.39 is 0 Å². The number of likely N-dealkylation sites (tertiary alicyclic amines) is 1. The zero-order chi connectivity index (χ0) is 17.8. The number of hydrogen-bond donors (Lipinski definition) is 2. The van der Waals surface area contributed by atoms with E-state index in [0.717, 1.165) is 36.0 Å². The second-order valence-electron chi connectivity index (χ2n) is 8.09. The number of aryl methyl sites for hydroxylation is 2. The van der Waals surface area contributed by atoms with Crippen LogP contribution in [-0.4, -0.2) is 42.2 Å². The maximum absolute atomic E-state index is 5.69. The third kappa shape index (κ3) is 4.73. The van der Waals surface area contributed by atoms with Crippen molar-refractivity contribution in [2.45, 2.75) is 70.9 Å². The van der Waals surface area contributed by atoms with Crippen LogP contribution in [0.4, 0.5) is 5.69 Å². The molecule has 1 saturated carbocycles. The summed E-state index contributed by atoms with van der Waals surface area (Å²) in [6.45, 7) is 6.45. The fourth-order valence-corrected chi connectivity index (χ4v) is 4.87. The normalized spacial score (nSPS) is 21.2. The summed E-state index contributed by atoms with van der Waals surface area (Å²) in [5, 5.41) is 4.35. The van der Waals surface area contributed by atoms with E-state index in [1.165, 1.54) is 56.1 Å². The molecule has 4 heteroatoms. The summed E-state index contributed by atoms with van der Waals surface area (Å²) in [5.41, 5.74) is 3.70. The Morgan fingerprint density at radius 3 is 2.32 bits per heavy atom. The van der Waals surface area contributed by atoms with Gasteiger partial charge in [-0.05, 0) is 63.4 Å². The average Bonchev–Trinajstić information content (AvgIpc) is 2.64. The molecule has 1 saturated heterocycles. The van der Waals surface area contributed by atoms with Crippen molar-refractivity contribution < 1.29 is 4.90 Å². The Balaban J connectivity index is 1.50. The Hall–Kier alpha value is -1.13. The van der Waals surface area contributed by atoms with E-state index in [1.54, 1.807) is 4.90 Å². The molecule has 2 N–H and O–H groups in total. The van der Waals surface area contributed by atoms with Crippen LogP contribution in [0, 0.1) is 13.8 Å². The molecule has 1 aliphatic heterocycles. The molecule has 3 rings (SSSR count). The van der Waals surface area contributed by atoms with Crippen LogP contribution in [0.3, 0.4) is 0 Å². The number of nitrogens with zero attached hydrogens (tertiary/aromatic N) is 1. The molecule has 2 fully saturated rings. The molecule has 1 heterocycles. The fraction of sp³-hybridized carbons (Fsp3) is 0.667. The molecule has 25 heavy (non-hydrogen) atoms. The van der Waals surface area contributed by atoms with Crippen molar-refractivity contribution >= 4 is 23.0 Å². The third-order valence-corrected chi connectivity index (χ3v) is 6.66. The maximum Gasteiger partial charge on any atom is 0.173 e. The number of piperidine rings is 1. The Labute approximate surface area is 158 Å². The molecule has 1 unspecified atom stereocenters. The van der Waals surface area contributed by atoms with Gasteiger partial charge in [0.1, 0.15) is 0 Å². The summed E-state index contributed by atoms with van der Waals surface area (Å²) in [7, 11) is 2.43. The van der Waals surface area contributed by atoms with E-state index in [0.29, 0.717) is 0 Å². The molecular formula is C21H34N3S+. The van der Waals surface area contributed by atoms with Gasteiger partial charge in [-0.15, -0.1) is 0 Å². The summed E-state index contributed by atoms with van der Waals surface area (Å²) >= 11 is 5.69. The van der Waals surface area contributed by atoms with E-state index in [-0.39, 0.29) is 0 Å². The first-order valence-electron chi connectivity index (χ1n) is 10.0. The summed E-state index contributed by atoms with van der Waals surface area (Å²) in [5.74, 6) is 0. The van der Waals surface area contributed by atoms with Crippen molar-refractivity contribution in [1.82, 2.24) is 4.90 Å². The van der Waals surface area contributed by atoms with Gasteiger partial charge in [0, 0.05) is 31.6 Å². The number of benzene rings is 1. The van der Waals surface area contributed by atoms with Crippen molar-refractivity contribution in [3.8, 4) is 0 Å². The highest BCUT2D eigenvalue weighted by Crippen LogP contribution is 2.19. The monoisotopic (exact) mass is 360 g/mol. The standard InChI is InChI=1S/C21H33N3S/c1-16-9-10-20(17(2)15-16)22-21(25)24-13-11-19(12-14-24)23(3)18-7-5-4-6-8-18/h9-10,15,18-19H,4-8,11-14H2,1-3H3,(H,22,25)/p+1. The van der Waals surface area contributed by atoms with Crippen LogP contribution >= 0.6 is 12.2 Å². The van der Waals surface area contributed by atoms with Crippen LogP contribution in [0.5, 0.6) is 0 Å². The van der Waals surface area contributed by atoms with Gasteiger partial charge in [-0.3, -0.25) is 0 Å². The Bertz CT molecular complexity index is 587. The lowest BCUT2D eigenvalue weighted by Crippen LogP contribution is -3.17. The number of thiocarbonyl (C=S) groups is 1. The van der Waals surface area contributed by atoms with Gasteiger partial charge in [0.25, 0.3) is 0 Å². The predicted molar refractivity (Wildman–Crippen MR) is 110 cm³/mol. The molecule has 1 atom stereocenters. The molecular weight excluding hydrogens is 326 g/mol. The van der Waals surface area contributed by atoms with Crippen LogP contribution in [0.1, 0.15) is 56.1 Å². The zero-order valence-electron chi connectivity index (χ0n) is 16.1. The first-order valence-corrected chi connectivity index (χ1v) is 10.4. The number of quaternary nitrogens is 1. The molecule has 2 aliphatic rings. The van der Waals surface area contributed by atoms with Crippen molar-refractivity contribution in [3.63, 3.8) is 0 Å². The van der Waals surface area contributed by atoms with Gasteiger partial charge < -0.3 is 15.1 Å². The smallest absolute Gasteiger partial charge is 0.173 e. The molecule has 0 amide bonds. The lowest BCUT2D eigenvalue weighted by Gasteiger charge is -2.39. The van der Waals surface area contributed by atoms with Crippen LogP contribution in [0.15, 0.2) is 18.2 Å². The predicted octanol–water partition coefficient (Wildman–Crippen LogP) is 3.31. The quantitative estimate of drug-likeness (QED) is 0.807. The van der Waals surface area contributed by atoms with Crippen LogP contribution in [0.2, 0.25) is 0 Å². The van der Waals surface area contributed by atoms with Crippen LogP contribution < -0.4 is 10.2 Å². The molecule has 1 aliphatic carbocycles. The fourth-order valence-electron chi connectivity index (χ4n) is 4.58. The molecule has 0 aromatic heterocycles. The molecule has 1 aromatic carbocycles. The SMILES string of the molecule is Cc1ccc(NC(=S)N2CCC([NH+](C)C3CCCCC3)CC2)c(C)c1. The minimum absolute atomic E-state index is 0.809. The molecule has 0 radical (unpaired) electrons. The second kappa shape index (κ2) is 8.50. The minimum Gasteiger partial charge on any atom is -0.349 e. The second-order valence-corrected chi connectivity index (χ2v) is 8.48. The van der Waals surface area contributed by atoms with Gasteiger partial charge >= 0.3 is 0 Å². The molecule has 138 valence electrons. The highest BCUT2D eigenvalue weighted by Gasteiger charge is 2.31. The van der Waals surface area contributed by atoms with E-state index in [2.05, 4.69) is 49.3 Å². The Kier molecular flexibility index (Phi) is 6.34. The van der Waals surface area contributed by atoms with Gasteiger partial charge in [-0.2, -0.15) is 0 Å². The van der Waals surface area contributed by atoms with E-state index in [1.807, 2.05) is 0 Å². The molecule has 0 spiro atoms. The van der Waals surface area contributed by atoms with E-state index >= 15 is 0 Å². The maximum atomic E-state index is 5.69. The third-order valence-electron chi connectivity index (χ3n) is 6.30. The van der Waals surface area contributed by atoms with Gasteiger partial charge in [0.15, 0.2) is 5.11 Å². The molecule has 1 aromatic rings. The number of hydrogen-bond acceptors (Lipinski definition) is 1. The lowest BCUT2D eigenvalue weighted by molar-refractivity contribution is -0.933. The number of rotatable bonds is 3. The summed E-state index contributed by atoms with van der Waals surface area (Å²) < 4.78 is 0. The van der Waals surface area contributed by atoms with Gasteiger partial charge in [0.2, 0.25) is 0 Å². The molecule has 0 bridgehead atoms. The Morgan fingerprint density at radius 2 is 1.68 bits per heavy atom. The Morgan fingerprint density at radius 1 is 1.04 bits per heavy atom. The highest BCUT2D eigenvalue weighted by atomic mass is 32.1. The molecule has 3 nitrogen and oxygen atoms in total. The minimum atomic E-state index is 0.809. The summed E-state index contributed by atoms with van der Waals surface area (Å²) in [6, 6.07) is 8.20. The van der Waals surface area contributed by atoms with Gasteiger partial charge in [0.05, 0.1) is 19.1 Å². The van der Waals surface area contributed by atoms with E-state index in [9.17, 15) is 0 Å². The largest absolute Gasteiger partial charge is 0.349 e. The van der Waals surface area contributed by atoms with Crippen molar-refractivity contribution in [3.05, 3.63) is 29.3 Å². The first kappa shape index (κ1) is 18.7. The van der Waals surface area contributed by atoms with Crippen molar-refractivity contribution in [1.29, 1.82) is 0 Å². The van der Waals surface area contributed by atoms with Crippen LogP contribution in [-0.2, 0) is 0 Å². The highest BCUT2D eigenvalue weighted by molar-refractivity contribution is 7.80.